The Morgan fingerprint density at radius 2 is 1.94 bits per heavy atom. The molecule has 1 saturated heterocycles. The Kier molecular flexibility index (Phi) is 4.09. The van der Waals surface area contributed by atoms with Gasteiger partial charge in [-0.05, 0) is 19.3 Å². The quantitative estimate of drug-likeness (QED) is 0.893. The lowest BCUT2D eigenvalue weighted by Crippen LogP contribution is -2.53. The lowest BCUT2D eigenvalue weighted by Gasteiger charge is -2.35. The maximum atomic E-state index is 4.58. The van der Waals surface area contributed by atoms with E-state index in [9.17, 15) is 0 Å². The van der Waals surface area contributed by atoms with E-state index < -0.39 is 0 Å². The summed E-state index contributed by atoms with van der Waals surface area (Å²) in [5, 5.41) is 4.82. The normalized spacial score (nSPS) is 26.5. The Labute approximate surface area is 115 Å². The number of rotatable bonds is 2. The Morgan fingerprint density at radius 1 is 1.33 bits per heavy atom. The van der Waals surface area contributed by atoms with Crippen molar-refractivity contribution >= 4 is 11.3 Å². The third-order valence-electron chi connectivity index (χ3n) is 3.28. The third-order valence-corrected chi connectivity index (χ3v) is 4.69. The molecule has 0 spiro atoms. The van der Waals surface area contributed by atoms with Gasteiger partial charge >= 0.3 is 0 Å². The van der Waals surface area contributed by atoms with Gasteiger partial charge in [0.25, 0.3) is 0 Å². The van der Waals surface area contributed by atoms with Crippen molar-refractivity contribution in [3.05, 3.63) is 16.1 Å². The van der Waals surface area contributed by atoms with E-state index in [0.29, 0.717) is 12.1 Å². The van der Waals surface area contributed by atoms with E-state index in [4.69, 9.17) is 0 Å². The highest BCUT2D eigenvalue weighted by Gasteiger charge is 2.23. The Hall–Kier alpha value is -0.450. The van der Waals surface area contributed by atoms with E-state index in [1.165, 1.54) is 9.88 Å². The molecule has 0 aliphatic carbocycles. The van der Waals surface area contributed by atoms with Crippen molar-refractivity contribution in [1.82, 2.24) is 15.2 Å². The first-order valence-corrected chi connectivity index (χ1v) is 7.60. The molecule has 18 heavy (non-hydrogen) atoms. The van der Waals surface area contributed by atoms with Gasteiger partial charge in [0.2, 0.25) is 0 Å². The molecule has 2 atom stereocenters. The molecule has 2 unspecified atom stereocenters. The molecular formula is C14H25N3S. The molecule has 1 N–H and O–H groups in total. The van der Waals surface area contributed by atoms with Crippen LogP contribution >= 0.6 is 11.3 Å². The van der Waals surface area contributed by atoms with Crippen molar-refractivity contribution in [3.63, 3.8) is 0 Å². The molecule has 102 valence electrons. The Balaban J connectivity index is 1.99. The summed E-state index contributed by atoms with van der Waals surface area (Å²) in [5.74, 6) is 0. The molecule has 0 radical (unpaired) electrons. The molecule has 0 bridgehead atoms. The molecule has 0 aromatic carbocycles. The zero-order chi connectivity index (χ0) is 13.3. The Bertz CT molecular complexity index is 384. The second-order valence-corrected chi connectivity index (χ2v) is 7.65. The summed E-state index contributed by atoms with van der Waals surface area (Å²) < 4.78 is 0. The number of thiazole rings is 1. The molecule has 3 nitrogen and oxygen atoms in total. The monoisotopic (exact) mass is 267 g/mol. The average molecular weight is 267 g/mol. The van der Waals surface area contributed by atoms with E-state index in [1.54, 1.807) is 0 Å². The maximum Gasteiger partial charge on any atom is 0.107 e. The van der Waals surface area contributed by atoms with Crippen LogP contribution in [0.4, 0.5) is 0 Å². The minimum Gasteiger partial charge on any atom is -0.309 e. The van der Waals surface area contributed by atoms with Crippen molar-refractivity contribution in [2.24, 2.45) is 0 Å². The number of nitrogens with zero attached hydrogens (tertiary/aromatic N) is 2. The van der Waals surface area contributed by atoms with E-state index in [0.717, 1.165) is 19.6 Å². The topological polar surface area (TPSA) is 28.2 Å². The summed E-state index contributed by atoms with van der Waals surface area (Å²) in [7, 11) is 0. The van der Waals surface area contributed by atoms with Gasteiger partial charge in [0.05, 0.1) is 6.54 Å². The largest absolute Gasteiger partial charge is 0.309 e. The fraction of sp³-hybridized carbons (Fsp3) is 0.786. The number of piperazine rings is 1. The number of hydrogen-bond donors (Lipinski definition) is 1. The second-order valence-electron chi connectivity index (χ2n) is 6.53. The summed E-state index contributed by atoms with van der Waals surface area (Å²) in [5.41, 5.74) is 0.222. The van der Waals surface area contributed by atoms with Gasteiger partial charge in [-0.25, -0.2) is 4.98 Å². The van der Waals surface area contributed by atoms with Gasteiger partial charge in [-0.1, -0.05) is 20.8 Å². The molecule has 2 rings (SSSR count). The van der Waals surface area contributed by atoms with E-state index >= 15 is 0 Å². The highest BCUT2D eigenvalue weighted by atomic mass is 32.1. The van der Waals surface area contributed by atoms with Crippen molar-refractivity contribution in [2.75, 3.05) is 13.1 Å². The van der Waals surface area contributed by atoms with Crippen molar-refractivity contribution < 1.29 is 0 Å². The molecule has 1 aliphatic rings. The van der Waals surface area contributed by atoms with E-state index in [2.05, 4.69) is 56.0 Å². The van der Waals surface area contributed by atoms with Crippen LogP contribution in [-0.2, 0) is 12.0 Å². The van der Waals surface area contributed by atoms with Crippen LogP contribution in [0.5, 0.6) is 0 Å². The molecule has 0 amide bonds. The van der Waals surface area contributed by atoms with Gasteiger partial charge in [-0.3, -0.25) is 4.90 Å². The molecule has 1 fully saturated rings. The van der Waals surface area contributed by atoms with Gasteiger partial charge in [-0.15, -0.1) is 11.3 Å². The molecule has 1 aromatic rings. The third kappa shape index (κ3) is 3.53. The number of nitrogens with one attached hydrogen (secondary N) is 1. The highest BCUT2D eigenvalue weighted by molar-refractivity contribution is 7.11. The van der Waals surface area contributed by atoms with Crippen molar-refractivity contribution in [1.29, 1.82) is 0 Å². The van der Waals surface area contributed by atoms with Crippen molar-refractivity contribution in [2.45, 2.75) is 58.7 Å². The number of hydrogen-bond acceptors (Lipinski definition) is 4. The summed E-state index contributed by atoms with van der Waals surface area (Å²) in [6.45, 7) is 14.5. The van der Waals surface area contributed by atoms with Crippen LogP contribution in [0.25, 0.3) is 0 Å². The predicted molar refractivity (Wildman–Crippen MR) is 78.2 cm³/mol. The van der Waals surface area contributed by atoms with Gasteiger partial charge in [0.1, 0.15) is 5.01 Å². The molecular weight excluding hydrogens is 242 g/mol. The van der Waals surface area contributed by atoms with E-state index in [1.807, 2.05) is 11.3 Å². The van der Waals surface area contributed by atoms with Gasteiger partial charge in [-0.2, -0.15) is 0 Å². The minimum atomic E-state index is 0.222. The Morgan fingerprint density at radius 3 is 2.44 bits per heavy atom. The summed E-state index contributed by atoms with van der Waals surface area (Å²) in [6.07, 6.45) is 2.05. The molecule has 1 aliphatic heterocycles. The van der Waals surface area contributed by atoms with Crippen LogP contribution in [-0.4, -0.2) is 35.1 Å². The van der Waals surface area contributed by atoms with E-state index in [-0.39, 0.29) is 5.41 Å². The zero-order valence-corrected chi connectivity index (χ0v) is 13.0. The van der Waals surface area contributed by atoms with Crippen LogP contribution in [0.2, 0.25) is 0 Å². The molecule has 4 heteroatoms. The lowest BCUT2D eigenvalue weighted by molar-refractivity contribution is 0.166. The SMILES string of the molecule is CC1CN(Cc2ncc(C(C)(C)C)s2)CC(C)N1. The average Bonchev–Trinajstić information content (AvgIpc) is 2.63. The van der Waals surface area contributed by atoms with Crippen LogP contribution in [0.1, 0.15) is 44.5 Å². The van der Waals surface area contributed by atoms with Crippen LogP contribution in [0.3, 0.4) is 0 Å². The van der Waals surface area contributed by atoms with Gasteiger partial charge in [0.15, 0.2) is 0 Å². The first-order chi connectivity index (χ1) is 8.34. The summed E-state index contributed by atoms with van der Waals surface area (Å²) in [4.78, 5) is 8.48. The predicted octanol–water partition coefficient (Wildman–Crippen LogP) is 2.62. The summed E-state index contributed by atoms with van der Waals surface area (Å²) >= 11 is 1.86. The molecule has 1 aromatic heterocycles. The zero-order valence-electron chi connectivity index (χ0n) is 12.2. The maximum absolute atomic E-state index is 4.58. The summed E-state index contributed by atoms with van der Waals surface area (Å²) in [6, 6.07) is 1.16. The fourth-order valence-corrected chi connectivity index (χ4v) is 3.51. The van der Waals surface area contributed by atoms with Gasteiger partial charge < -0.3 is 5.32 Å². The highest BCUT2D eigenvalue weighted by Crippen LogP contribution is 2.28. The van der Waals surface area contributed by atoms with Gasteiger partial charge in [0, 0.05) is 36.2 Å². The van der Waals surface area contributed by atoms with Crippen LogP contribution < -0.4 is 5.32 Å². The number of aromatic nitrogens is 1. The fourth-order valence-electron chi connectivity index (χ4n) is 2.49. The first kappa shape index (κ1) is 14.0. The molecule has 0 saturated carbocycles. The minimum absolute atomic E-state index is 0.222. The smallest absolute Gasteiger partial charge is 0.107 e. The van der Waals surface area contributed by atoms with Crippen LogP contribution in [0.15, 0.2) is 6.20 Å². The van der Waals surface area contributed by atoms with Crippen molar-refractivity contribution in [3.8, 4) is 0 Å². The second kappa shape index (κ2) is 5.27. The standard InChI is InChI=1S/C14H25N3S/c1-10-7-17(8-11(2)16-10)9-13-15-6-12(18-13)14(3,4)5/h6,10-11,16H,7-9H2,1-5H3. The first-order valence-electron chi connectivity index (χ1n) is 6.78. The molecule has 2 heterocycles. The van der Waals surface area contributed by atoms with Crippen LogP contribution in [0, 0.1) is 0 Å². The lowest BCUT2D eigenvalue weighted by atomic mass is 9.96.